The van der Waals surface area contributed by atoms with Crippen molar-refractivity contribution < 1.29 is 9.26 Å². The van der Waals surface area contributed by atoms with Crippen LogP contribution >= 0.6 is 0 Å². The van der Waals surface area contributed by atoms with Crippen LogP contribution in [0.4, 0.5) is 0 Å². The number of hydrogen-bond acceptors (Lipinski definition) is 6. The van der Waals surface area contributed by atoms with Crippen LogP contribution in [0.1, 0.15) is 30.7 Å². The number of hydrogen-bond donors (Lipinski definition) is 0. The van der Waals surface area contributed by atoms with E-state index in [2.05, 4.69) is 15.1 Å². The average Bonchev–Trinajstić information content (AvgIpc) is 2.97. The quantitative estimate of drug-likeness (QED) is 0.849. The molecule has 1 atom stereocenters. The molecule has 3 rings (SSSR count). The summed E-state index contributed by atoms with van der Waals surface area (Å²) in [4.78, 5) is 8.46. The molecule has 0 aromatic carbocycles. The normalized spacial score (nSPS) is 18.6. The van der Waals surface area contributed by atoms with Gasteiger partial charge in [-0.3, -0.25) is 0 Å². The van der Waals surface area contributed by atoms with E-state index in [0.717, 1.165) is 19.4 Å². The molecule has 0 N–H and O–H groups in total. The molecule has 1 aliphatic heterocycles. The fourth-order valence-corrected chi connectivity index (χ4v) is 2.20. The van der Waals surface area contributed by atoms with E-state index in [1.54, 1.807) is 12.1 Å². The Morgan fingerprint density at radius 3 is 3.00 bits per heavy atom. The summed E-state index contributed by atoms with van der Waals surface area (Å²) in [5.74, 6) is 1.01. The third-order valence-corrected chi connectivity index (χ3v) is 3.26. The Morgan fingerprint density at radius 2 is 2.30 bits per heavy atom. The van der Waals surface area contributed by atoms with Gasteiger partial charge < -0.3 is 9.26 Å². The van der Waals surface area contributed by atoms with Gasteiger partial charge in [0.05, 0.1) is 11.7 Å². The van der Waals surface area contributed by atoms with E-state index >= 15 is 0 Å². The van der Waals surface area contributed by atoms with Crippen LogP contribution in [0.2, 0.25) is 0 Å². The summed E-state index contributed by atoms with van der Waals surface area (Å²) in [5, 5.41) is 12.7. The second-order valence-electron chi connectivity index (χ2n) is 4.75. The molecule has 0 saturated carbocycles. The molecule has 2 aromatic heterocycles. The maximum atomic E-state index is 8.73. The molecule has 3 heterocycles. The van der Waals surface area contributed by atoms with Crippen LogP contribution in [0.5, 0.6) is 0 Å². The topological polar surface area (TPSA) is 84.8 Å². The first kappa shape index (κ1) is 12.8. The minimum atomic E-state index is 0.183. The van der Waals surface area contributed by atoms with Crippen LogP contribution in [0, 0.1) is 11.3 Å². The van der Waals surface area contributed by atoms with Gasteiger partial charge in [0.25, 0.3) is 5.89 Å². The third-order valence-electron chi connectivity index (χ3n) is 3.26. The number of aromatic nitrogens is 3. The van der Waals surface area contributed by atoms with Crippen molar-refractivity contribution in [1.82, 2.24) is 15.1 Å². The first-order valence-corrected chi connectivity index (χ1v) is 6.66. The molecule has 0 spiro atoms. The van der Waals surface area contributed by atoms with Gasteiger partial charge in [0, 0.05) is 19.2 Å². The number of nitrogens with zero attached hydrogens (tertiary/aromatic N) is 4. The molecule has 1 fully saturated rings. The van der Waals surface area contributed by atoms with E-state index in [-0.39, 0.29) is 6.10 Å². The van der Waals surface area contributed by atoms with Crippen LogP contribution in [0.25, 0.3) is 11.6 Å². The second-order valence-corrected chi connectivity index (χ2v) is 4.75. The lowest BCUT2D eigenvalue weighted by Gasteiger charge is -2.20. The highest BCUT2D eigenvalue weighted by Crippen LogP contribution is 2.18. The van der Waals surface area contributed by atoms with Crippen molar-refractivity contribution in [3.8, 4) is 17.7 Å². The summed E-state index contributed by atoms with van der Waals surface area (Å²) in [6.45, 7) is 0.812. The van der Waals surface area contributed by atoms with E-state index in [1.807, 2.05) is 6.07 Å². The molecule has 20 heavy (non-hydrogen) atoms. The Morgan fingerprint density at radius 1 is 1.35 bits per heavy atom. The van der Waals surface area contributed by atoms with E-state index in [4.69, 9.17) is 14.5 Å². The van der Waals surface area contributed by atoms with Crippen molar-refractivity contribution in [2.75, 3.05) is 6.61 Å². The molecule has 6 nitrogen and oxygen atoms in total. The Bertz CT molecular complexity index is 609. The molecular formula is C14H14N4O2. The lowest BCUT2D eigenvalue weighted by molar-refractivity contribution is 0.0153. The third kappa shape index (κ3) is 2.83. The van der Waals surface area contributed by atoms with Gasteiger partial charge in [-0.2, -0.15) is 10.2 Å². The van der Waals surface area contributed by atoms with Gasteiger partial charge in [-0.05, 0) is 31.4 Å². The molecule has 2 aromatic rings. The van der Waals surface area contributed by atoms with E-state index in [1.165, 1.54) is 12.6 Å². The van der Waals surface area contributed by atoms with Crippen molar-refractivity contribution >= 4 is 0 Å². The molecular weight excluding hydrogens is 256 g/mol. The summed E-state index contributed by atoms with van der Waals surface area (Å²) < 4.78 is 10.9. The Hall–Kier alpha value is -2.26. The van der Waals surface area contributed by atoms with Crippen molar-refractivity contribution in [1.29, 1.82) is 5.26 Å². The maximum Gasteiger partial charge on any atom is 0.276 e. The highest BCUT2D eigenvalue weighted by Gasteiger charge is 2.18. The van der Waals surface area contributed by atoms with Gasteiger partial charge >= 0.3 is 0 Å². The van der Waals surface area contributed by atoms with Crippen LogP contribution in [-0.2, 0) is 11.2 Å². The van der Waals surface area contributed by atoms with Crippen LogP contribution < -0.4 is 0 Å². The van der Waals surface area contributed by atoms with Gasteiger partial charge in [-0.25, -0.2) is 4.98 Å². The average molecular weight is 270 g/mol. The van der Waals surface area contributed by atoms with E-state index in [9.17, 15) is 0 Å². The van der Waals surface area contributed by atoms with Gasteiger partial charge in [0.15, 0.2) is 5.82 Å². The van der Waals surface area contributed by atoms with Gasteiger partial charge in [-0.15, -0.1) is 0 Å². The highest BCUT2D eigenvalue weighted by atomic mass is 16.5. The predicted octanol–water partition coefficient (Wildman–Crippen LogP) is 2.11. The van der Waals surface area contributed by atoms with E-state index < -0.39 is 0 Å². The monoisotopic (exact) mass is 270 g/mol. The van der Waals surface area contributed by atoms with Crippen molar-refractivity contribution in [2.45, 2.75) is 31.8 Å². The first-order valence-electron chi connectivity index (χ1n) is 6.66. The second kappa shape index (κ2) is 5.80. The number of pyridine rings is 1. The van der Waals surface area contributed by atoms with Crippen LogP contribution in [0.3, 0.4) is 0 Å². The molecule has 102 valence electrons. The number of rotatable bonds is 3. The summed E-state index contributed by atoms with van der Waals surface area (Å²) in [5.41, 5.74) is 1.08. The zero-order valence-corrected chi connectivity index (χ0v) is 11.0. The van der Waals surface area contributed by atoms with Gasteiger partial charge in [-0.1, -0.05) is 5.16 Å². The Balaban J connectivity index is 1.70. The fraction of sp³-hybridized carbons (Fsp3) is 0.429. The molecule has 1 aliphatic rings. The Labute approximate surface area is 116 Å². The summed E-state index contributed by atoms with van der Waals surface area (Å²) in [6.07, 6.45) is 5.70. The van der Waals surface area contributed by atoms with Gasteiger partial charge in [0.1, 0.15) is 11.8 Å². The SMILES string of the molecule is N#Cc1ccc(-c2nc(CC3CCCCO3)no2)nc1. The number of ether oxygens (including phenoxy) is 1. The van der Waals surface area contributed by atoms with E-state index in [0.29, 0.717) is 29.4 Å². The molecule has 6 heteroatoms. The van der Waals surface area contributed by atoms with Crippen molar-refractivity contribution in [3.63, 3.8) is 0 Å². The Kier molecular flexibility index (Phi) is 3.70. The highest BCUT2D eigenvalue weighted by molar-refractivity contribution is 5.47. The summed E-state index contributed by atoms with van der Waals surface area (Å²) in [6, 6.07) is 5.40. The van der Waals surface area contributed by atoms with Gasteiger partial charge in [0.2, 0.25) is 0 Å². The molecule has 0 bridgehead atoms. The lowest BCUT2D eigenvalue weighted by atomic mass is 10.1. The summed E-state index contributed by atoms with van der Waals surface area (Å²) >= 11 is 0. The van der Waals surface area contributed by atoms with Crippen LogP contribution in [0.15, 0.2) is 22.9 Å². The fourth-order valence-electron chi connectivity index (χ4n) is 2.20. The van der Waals surface area contributed by atoms with Crippen LogP contribution in [-0.4, -0.2) is 27.8 Å². The molecule has 0 amide bonds. The zero-order chi connectivity index (χ0) is 13.8. The first-order chi connectivity index (χ1) is 9.85. The minimum Gasteiger partial charge on any atom is -0.378 e. The molecule has 0 aliphatic carbocycles. The lowest BCUT2D eigenvalue weighted by Crippen LogP contribution is -2.21. The molecule has 1 saturated heterocycles. The smallest absolute Gasteiger partial charge is 0.276 e. The minimum absolute atomic E-state index is 0.183. The van der Waals surface area contributed by atoms with Crippen molar-refractivity contribution in [2.24, 2.45) is 0 Å². The standard InChI is InChI=1S/C14H14N4O2/c15-8-10-4-5-12(16-9-10)14-17-13(18-20-14)7-11-3-1-2-6-19-11/h4-5,9,11H,1-3,6-7H2. The zero-order valence-electron chi connectivity index (χ0n) is 11.0. The van der Waals surface area contributed by atoms with Crippen molar-refractivity contribution in [3.05, 3.63) is 29.7 Å². The number of nitriles is 1. The maximum absolute atomic E-state index is 8.73. The summed E-state index contributed by atoms with van der Waals surface area (Å²) in [7, 11) is 0. The predicted molar refractivity (Wildman–Crippen MR) is 69.5 cm³/mol. The molecule has 0 radical (unpaired) electrons. The largest absolute Gasteiger partial charge is 0.378 e. The molecule has 1 unspecified atom stereocenters.